The SMILES string of the molecule is C/C=C(\Nc1ccccc1)c1cc(O)c(NC)c(C2(C=O)CCC2)c1. The molecule has 1 aliphatic carbocycles. The lowest BCUT2D eigenvalue weighted by atomic mass is 9.64. The molecule has 130 valence electrons. The van der Waals surface area contributed by atoms with E-state index >= 15 is 0 Å². The minimum Gasteiger partial charge on any atom is -0.506 e. The summed E-state index contributed by atoms with van der Waals surface area (Å²) < 4.78 is 0. The number of aromatic hydroxyl groups is 1. The summed E-state index contributed by atoms with van der Waals surface area (Å²) in [5.74, 6) is 0.164. The predicted octanol–water partition coefficient (Wildman–Crippen LogP) is 4.53. The number of allylic oxidation sites excluding steroid dienone is 1. The van der Waals surface area contributed by atoms with Crippen LogP contribution in [0.3, 0.4) is 0 Å². The average Bonchev–Trinajstić information content (AvgIpc) is 2.60. The largest absolute Gasteiger partial charge is 0.506 e. The monoisotopic (exact) mass is 336 g/mol. The number of phenolic OH excluding ortho intramolecular Hbond substituents is 1. The Labute approximate surface area is 148 Å². The number of hydrogen-bond donors (Lipinski definition) is 3. The maximum Gasteiger partial charge on any atom is 0.139 e. The number of nitrogens with one attached hydrogen (secondary N) is 2. The van der Waals surface area contributed by atoms with E-state index in [9.17, 15) is 9.90 Å². The number of anilines is 2. The zero-order chi connectivity index (χ0) is 17.9. The molecule has 4 nitrogen and oxygen atoms in total. The van der Waals surface area contributed by atoms with Crippen LogP contribution >= 0.6 is 0 Å². The maximum absolute atomic E-state index is 11.8. The highest BCUT2D eigenvalue weighted by atomic mass is 16.3. The number of carbonyl (C=O) groups is 1. The van der Waals surface area contributed by atoms with Gasteiger partial charge in [-0.1, -0.05) is 30.7 Å². The zero-order valence-corrected chi connectivity index (χ0v) is 14.7. The van der Waals surface area contributed by atoms with Crippen LogP contribution < -0.4 is 10.6 Å². The maximum atomic E-state index is 11.8. The van der Waals surface area contributed by atoms with E-state index in [0.717, 1.165) is 48.1 Å². The average molecular weight is 336 g/mol. The van der Waals surface area contributed by atoms with Crippen molar-refractivity contribution in [3.05, 3.63) is 59.7 Å². The summed E-state index contributed by atoms with van der Waals surface area (Å²) in [6.07, 6.45) is 5.69. The Hall–Kier alpha value is -2.75. The van der Waals surface area contributed by atoms with Gasteiger partial charge in [-0.05, 0) is 49.6 Å². The molecule has 4 heteroatoms. The Kier molecular flexibility index (Phi) is 4.79. The van der Waals surface area contributed by atoms with Crippen LogP contribution in [-0.4, -0.2) is 18.4 Å². The van der Waals surface area contributed by atoms with E-state index in [4.69, 9.17) is 0 Å². The highest BCUT2D eigenvalue weighted by Gasteiger charge is 2.41. The van der Waals surface area contributed by atoms with Crippen LogP contribution in [-0.2, 0) is 10.2 Å². The molecular weight excluding hydrogens is 312 g/mol. The van der Waals surface area contributed by atoms with Crippen LogP contribution in [0.1, 0.15) is 37.3 Å². The van der Waals surface area contributed by atoms with Gasteiger partial charge in [0.25, 0.3) is 0 Å². The normalized spacial score (nSPS) is 16.0. The lowest BCUT2D eigenvalue weighted by Crippen LogP contribution is -2.36. The van der Waals surface area contributed by atoms with E-state index in [-0.39, 0.29) is 5.75 Å². The third-order valence-corrected chi connectivity index (χ3v) is 5.03. The van der Waals surface area contributed by atoms with Crippen molar-refractivity contribution in [3.8, 4) is 5.75 Å². The van der Waals surface area contributed by atoms with Crippen molar-refractivity contribution in [3.63, 3.8) is 0 Å². The molecule has 0 amide bonds. The van der Waals surface area contributed by atoms with Gasteiger partial charge >= 0.3 is 0 Å². The van der Waals surface area contributed by atoms with Crippen LogP contribution in [0, 0.1) is 0 Å². The highest BCUT2D eigenvalue weighted by molar-refractivity contribution is 5.84. The standard InChI is InChI=1S/C21H24N2O2/c1-3-18(23-16-8-5-4-6-9-16)15-12-17(20(22-2)19(25)13-15)21(14-24)10-7-11-21/h3-6,8-9,12-14,22-23,25H,7,10-11H2,1-2H3/b18-3-. The van der Waals surface area contributed by atoms with Crippen molar-refractivity contribution in [2.75, 3.05) is 17.7 Å². The third-order valence-electron chi connectivity index (χ3n) is 5.03. The Bertz CT molecular complexity index is 793. The van der Waals surface area contributed by atoms with E-state index in [1.807, 2.05) is 49.4 Å². The van der Waals surface area contributed by atoms with Crippen molar-refractivity contribution in [2.45, 2.75) is 31.6 Å². The molecule has 2 aromatic rings. The molecule has 0 saturated heterocycles. The quantitative estimate of drug-likeness (QED) is 0.536. The lowest BCUT2D eigenvalue weighted by molar-refractivity contribution is -0.115. The smallest absolute Gasteiger partial charge is 0.139 e. The fourth-order valence-corrected chi connectivity index (χ4v) is 3.43. The summed E-state index contributed by atoms with van der Waals surface area (Å²) >= 11 is 0. The molecule has 1 aliphatic rings. The molecule has 2 aromatic carbocycles. The van der Waals surface area contributed by atoms with Crippen LogP contribution in [0.15, 0.2) is 48.5 Å². The molecule has 0 atom stereocenters. The molecule has 0 bridgehead atoms. The third kappa shape index (κ3) is 3.12. The number of para-hydroxylation sites is 1. The fraction of sp³-hybridized carbons (Fsp3) is 0.286. The minimum atomic E-state index is -0.489. The Morgan fingerprint density at radius 2 is 1.92 bits per heavy atom. The number of carbonyl (C=O) groups excluding carboxylic acids is 1. The molecule has 0 unspecified atom stereocenters. The first-order valence-electron chi connectivity index (χ1n) is 8.64. The van der Waals surface area contributed by atoms with E-state index in [2.05, 4.69) is 10.6 Å². The van der Waals surface area contributed by atoms with Crippen molar-refractivity contribution in [1.29, 1.82) is 0 Å². The Balaban J connectivity index is 2.04. The van der Waals surface area contributed by atoms with Crippen LogP contribution in [0.2, 0.25) is 0 Å². The number of benzene rings is 2. The summed E-state index contributed by atoms with van der Waals surface area (Å²) in [6, 6.07) is 13.6. The second-order valence-corrected chi connectivity index (χ2v) is 6.49. The van der Waals surface area contributed by atoms with Crippen molar-refractivity contribution in [2.24, 2.45) is 0 Å². The number of rotatable bonds is 6. The minimum absolute atomic E-state index is 0.164. The summed E-state index contributed by atoms with van der Waals surface area (Å²) in [6.45, 7) is 1.95. The van der Waals surface area contributed by atoms with Gasteiger partial charge in [-0.3, -0.25) is 0 Å². The number of hydrogen-bond acceptors (Lipinski definition) is 4. The van der Waals surface area contributed by atoms with Crippen LogP contribution in [0.4, 0.5) is 11.4 Å². The van der Waals surface area contributed by atoms with Gasteiger partial charge in [0.1, 0.15) is 12.0 Å². The molecule has 0 heterocycles. The molecule has 0 spiro atoms. The fourth-order valence-electron chi connectivity index (χ4n) is 3.43. The zero-order valence-electron chi connectivity index (χ0n) is 14.7. The van der Waals surface area contributed by atoms with Crippen LogP contribution in [0.5, 0.6) is 5.75 Å². The summed E-state index contributed by atoms with van der Waals surface area (Å²) in [5, 5.41) is 17.0. The van der Waals surface area contributed by atoms with E-state index in [1.165, 1.54) is 0 Å². The summed E-state index contributed by atoms with van der Waals surface area (Å²) in [5.41, 5.74) is 3.77. The van der Waals surface area contributed by atoms with Gasteiger partial charge in [-0.15, -0.1) is 0 Å². The molecule has 0 aromatic heterocycles. The van der Waals surface area contributed by atoms with Crippen LogP contribution in [0.25, 0.3) is 5.70 Å². The van der Waals surface area contributed by atoms with Gasteiger partial charge in [-0.2, -0.15) is 0 Å². The molecule has 1 saturated carbocycles. The second kappa shape index (κ2) is 7.01. The van der Waals surface area contributed by atoms with Gasteiger partial charge in [-0.25, -0.2) is 0 Å². The molecule has 0 aliphatic heterocycles. The van der Waals surface area contributed by atoms with Gasteiger partial charge < -0.3 is 20.5 Å². The summed E-state index contributed by atoms with van der Waals surface area (Å²) in [4.78, 5) is 11.8. The number of phenols is 1. The van der Waals surface area contributed by atoms with Crippen molar-refractivity contribution >= 4 is 23.4 Å². The van der Waals surface area contributed by atoms with Gasteiger partial charge in [0.2, 0.25) is 0 Å². The Morgan fingerprint density at radius 3 is 2.44 bits per heavy atom. The first kappa shape index (κ1) is 17.1. The topological polar surface area (TPSA) is 61.4 Å². The molecule has 3 N–H and O–H groups in total. The van der Waals surface area contributed by atoms with E-state index in [1.54, 1.807) is 13.1 Å². The van der Waals surface area contributed by atoms with E-state index in [0.29, 0.717) is 5.69 Å². The van der Waals surface area contributed by atoms with Gasteiger partial charge in [0, 0.05) is 24.0 Å². The first-order valence-corrected chi connectivity index (χ1v) is 8.64. The summed E-state index contributed by atoms with van der Waals surface area (Å²) in [7, 11) is 1.77. The van der Waals surface area contributed by atoms with Crippen molar-refractivity contribution in [1.82, 2.24) is 0 Å². The molecule has 25 heavy (non-hydrogen) atoms. The Morgan fingerprint density at radius 1 is 1.20 bits per heavy atom. The second-order valence-electron chi connectivity index (χ2n) is 6.49. The lowest BCUT2D eigenvalue weighted by Gasteiger charge is -2.38. The molecule has 3 rings (SSSR count). The molecule has 0 radical (unpaired) electrons. The van der Waals surface area contributed by atoms with Gasteiger partial charge in [0.05, 0.1) is 11.1 Å². The predicted molar refractivity (Wildman–Crippen MR) is 103 cm³/mol. The van der Waals surface area contributed by atoms with Crippen molar-refractivity contribution < 1.29 is 9.90 Å². The molecular formula is C21H24N2O2. The first-order chi connectivity index (χ1) is 12.1. The van der Waals surface area contributed by atoms with E-state index < -0.39 is 5.41 Å². The van der Waals surface area contributed by atoms with Gasteiger partial charge in [0.15, 0.2) is 0 Å². The highest BCUT2D eigenvalue weighted by Crippen LogP contribution is 2.48. The molecule has 1 fully saturated rings. The number of aldehydes is 1.